The van der Waals surface area contributed by atoms with Crippen LogP contribution >= 0.6 is 0 Å². The van der Waals surface area contributed by atoms with E-state index in [1.807, 2.05) is 6.20 Å². The monoisotopic (exact) mass is 245 g/mol. The molecule has 1 fully saturated rings. The van der Waals surface area contributed by atoms with Gasteiger partial charge in [0.15, 0.2) is 0 Å². The Morgan fingerprint density at radius 2 is 2.00 bits per heavy atom. The molecule has 0 spiro atoms. The van der Waals surface area contributed by atoms with Gasteiger partial charge in [-0.3, -0.25) is 4.68 Å². The van der Waals surface area contributed by atoms with Gasteiger partial charge in [-0.25, -0.2) is 0 Å². The van der Waals surface area contributed by atoms with Crippen LogP contribution in [-0.2, 0) is 0 Å². The van der Waals surface area contributed by atoms with Gasteiger partial charge in [-0.15, -0.1) is 0 Å². The van der Waals surface area contributed by atoms with Gasteiger partial charge in [0.2, 0.25) is 0 Å². The second-order valence-corrected chi connectivity index (χ2v) is 5.53. The van der Waals surface area contributed by atoms with Gasteiger partial charge in [0, 0.05) is 11.9 Å². The fourth-order valence-corrected chi connectivity index (χ4v) is 2.13. The molecule has 1 saturated heterocycles. The molecule has 0 saturated carbocycles. The summed E-state index contributed by atoms with van der Waals surface area (Å²) in [7, 11) is 0. The van der Waals surface area contributed by atoms with Gasteiger partial charge in [0.05, 0.1) is 17.8 Å². The fraction of sp³-hybridized carbons (Fsp3) is 0.533. The van der Waals surface area contributed by atoms with Gasteiger partial charge in [-0.1, -0.05) is 39.0 Å². The van der Waals surface area contributed by atoms with Gasteiger partial charge < -0.3 is 5.32 Å². The molecule has 98 valence electrons. The largest absolute Gasteiger partial charge is 0.315 e. The lowest BCUT2D eigenvalue weighted by atomic mass is 10.2. The number of hydrogen-bond acceptors (Lipinski definition) is 2. The number of aromatic nitrogens is 2. The lowest BCUT2D eigenvalue weighted by Crippen LogP contribution is -2.14. The SMILES string of the molecule is CC(C)C.c1ccc2c(c1)cnn2C1CCNC1. The summed E-state index contributed by atoms with van der Waals surface area (Å²) in [5.74, 6) is 0.833. The van der Waals surface area contributed by atoms with Crippen molar-refractivity contribution < 1.29 is 0 Å². The highest BCUT2D eigenvalue weighted by molar-refractivity contribution is 5.78. The average Bonchev–Trinajstić information content (AvgIpc) is 2.96. The summed E-state index contributed by atoms with van der Waals surface area (Å²) in [4.78, 5) is 0. The summed E-state index contributed by atoms with van der Waals surface area (Å²) in [6.45, 7) is 8.66. The fourth-order valence-electron chi connectivity index (χ4n) is 2.13. The second-order valence-electron chi connectivity index (χ2n) is 5.53. The summed E-state index contributed by atoms with van der Waals surface area (Å²) >= 11 is 0. The third-order valence-electron chi connectivity index (χ3n) is 2.88. The van der Waals surface area contributed by atoms with Crippen LogP contribution in [0.15, 0.2) is 30.5 Å². The highest BCUT2D eigenvalue weighted by atomic mass is 15.3. The predicted octanol–water partition coefficient (Wildman–Crippen LogP) is 3.23. The molecule has 0 aliphatic carbocycles. The van der Waals surface area contributed by atoms with E-state index in [0.717, 1.165) is 19.0 Å². The molecule has 3 heteroatoms. The van der Waals surface area contributed by atoms with Gasteiger partial charge >= 0.3 is 0 Å². The summed E-state index contributed by atoms with van der Waals surface area (Å²) < 4.78 is 2.15. The van der Waals surface area contributed by atoms with E-state index in [0.29, 0.717) is 6.04 Å². The first-order valence-corrected chi connectivity index (χ1v) is 6.81. The van der Waals surface area contributed by atoms with Crippen molar-refractivity contribution in [2.45, 2.75) is 33.2 Å². The van der Waals surface area contributed by atoms with Crippen LogP contribution in [0, 0.1) is 5.92 Å². The first-order chi connectivity index (χ1) is 8.68. The number of nitrogens with zero attached hydrogens (tertiary/aromatic N) is 2. The molecule has 1 atom stereocenters. The van der Waals surface area contributed by atoms with Gasteiger partial charge in [-0.05, 0) is 24.9 Å². The van der Waals surface area contributed by atoms with Crippen molar-refractivity contribution in [1.82, 2.24) is 15.1 Å². The zero-order valence-electron chi connectivity index (χ0n) is 11.6. The average molecular weight is 245 g/mol. The zero-order valence-corrected chi connectivity index (χ0v) is 11.6. The molecule has 0 amide bonds. The second kappa shape index (κ2) is 6.01. The molecule has 2 aromatic rings. The van der Waals surface area contributed by atoms with Crippen molar-refractivity contribution in [1.29, 1.82) is 0 Å². The molecular formula is C15H23N3. The lowest BCUT2D eigenvalue weighted by Gasteiger charge is -2.09. The standard InChI is InChI=1S/C11H13N3.C4H10/c1-2-4-11-9(3-1)7-13-14(11)10-5-6-12-8-10;1-4(2)3/h1-4,7,10,12H,5-6,8H2;4H,1-3H3. The Bertz CT molecular complexity index is 478. The number of fused-ring (bicyclic) bond motifs is 1. The van der Waals surface area contributed by atoms with Crippen LogP contribution in [-0.4, -0.2) is 22.9 Å². The molecule has 1 aliphatic rings. The summed E-state index contributed by atoms with van der Waals surface area (Å²) in [6, 6.07) is 8.92. The minimum atomic E-state index is 0.537. The Kier molecular flexibility index (Phi) is 4.37. The summed E-state index contributed by atoms with van der Waals surface area (Å²) in [5, 5.41) is 9.05. The van der Waals surface area contributed by atoms with Gasteiger partial charge in [0.25, 0.3) is 0 Å². The van der Waals surface area contributed by atoms with Crippen molar-refractivity contribution in [2.24, 2.45) is 5.92 Å². The van der Waals surface area contributed by atoms with Crippen LogP contribution in [0.5, 0.6) is 0 Å². The molecule has 1 aliphatic heterocycles. The smallest absolute Gasteiger partial charge is 0.0686 e. The molecule has 1 N–H and O–H groups in total. The topological polar surface area (TPSA) is 29.9 Å². The number of para-hydroxylation sites is 1. The quantitative estimate of drug-likeness (QED) is 0.836. The first-order valence-electron chi connectivity index (χ1n) is 6.81. The number of nitrogens with one attached hydrogen (secondary N) is 1. The summed E-state index contributed by atoms with van der Waals surface area (Å²) in [6.07, 6.45) is 3.14. The van der Waals surface area contributed by atoms with Gasteiger partial charge in [-0.2, -0.15) is 5.10 Å². The highest BCUT2D eigenvalue weighted by Gasteiger charge is 2.18. The summed E-state index contributed by atoms with van der Waals surface area (Å²) in [5.41, 5.74) is 1.25. The number of rotatable bonds is 1. The molecule has 0 bridgehead atoms. The van der Waals surface area contributed by atoms with Crippen molar-refractivity contribution >= 4 is 10.9 Å². The van der Waals surface area contributed by atoms with E-state index in [9.17, 15) is 0 Å². The normalized spacial score (nSPS) is 19.0. The molecular weight excluding hydrogens is 222 g/mol. The van der Waals surface area contributed by atoms with E-state index in [1.165, 1.54) is 17.3 Å². The Balaban J connectivity index is 0.000000267. The van der Waals surface area contributed by atoms with Crippen LogP contribution in [0.1, 0.15) is 33.2 Å². The molecule has 2 heterocycles. The maximum Gasteiger partial charge on any atom is 0.0686 e. The maximum atomic E-state index is 4.45. The van der Waals surface area contributed by atoms with Crippen molar-refractivity contribution in [2.75, 3.05) is 13.1 Å². The Labute approximate surface area is 109 Å². The van der Waals surface area contributed by atoms with E-state index in [4.69, 9.17) is 0 Å². The molecule has 0 radical (unpaired) electrons. The number of benzene rings is 1. The van der Waals surface area contributed by atoms with Crippen LogP contribution in [0.3, 0.4) is 0 Å². The Hall–Kier alpha value is -1.35. The van der Waals surface area contributed by atoms with E-state index in [1.54, 1.807) is 0 Å². The van der Waals surface area contributed by atoms with E-state index < -0.39 is 0 Å². The van der Waals surface area contributed by atoms with Crippen LogP contribution in [0.4, 0.5) is 0 Å². The van der Waals surface area contributed by atoms with Crippen LogP contribution in [0.2, 0.25) is 0 Å². The first kappa shape index (κ1) is 13.1. The molecule has 1 aromatic carbocycles. The third kappa shape index (κ3) is 3.10. The van der Waals surface area contributed by atoms with Crippen LogP contribution in [0.25, 0.3) is 10.9 Å². The zero-order chi connectivity index (χ0) is 13.0. The molecule has 1 aromatic heterocycles. The third-order valence-corrected chi connectivity index (χ3v) is 2.88. The molecule has 18 heavy (non-hydrogen) atoms. The minimum absolute atomic E-state index is 0.537. The minimum Gasteiger partial charge on any atom is -0.315 e. The lowest BCUT2D eigenvalue weighted by molar-refractivity contribution is 0.506. The highest BCUT2D eigenvalue weighted by Crippen LogP contribution is 2.21. The Morgan fingerprint density at radius 3 is 2.67 bits per heavy atom. The molecule has 1 unspecified atom stereocenters. The predicted molar refractivity (Wildman–Crippen MR) is 76.8 cm³/mol. The van der Waals surface area contributed by atoms with Crippen LogP contribution < -0.4 is 5.32 Å². The van der Waals surface area contributed by atoms with E-state index in [-0.39, 0.29) is 0 Å². The number of hydrogen-bond donors (Lipinski definition) is 1. The molecule has 3 nitrogen and oxygen atoms in total. The molecule has 3 rings (SSSR count). The van der Waals surface area contributed by atoms with Gasteiger partial charge in [0.1, 0.15) is 0 Å². The van der Waals surface area contributed by atoms with Crippen molar-refractivity contribution in [3.8, 4) is 0 Å². The maximum absolute atomic E-state index is 4.45. The van der Waals surface area contributed by atoms with E-state index in [2.05, 4.69) is 60.1 Å². The van der Waals surface area contributed by atoms with Crippen molar-refractivity contribution in [3.05, 3.63) is 30.5 Å². The Morgan fingerprint density at radius 1 is 1.28 bits per heavy atom. The van der Waals surface area contributed by atoms with E-state index >= 15 is 0 Å². The van der Waals surface area contributed by atoms with Crippen molar-refractivity contribution in [3.63, 3.8) is 0 Å².